The van der Waals surface area contributed by atoms with Crippen molar-refractivity contribution in [3.8, 4) is 0 Å². The summed E-state index contributed by atoms with van der Waals surface area (Å²) in [5.74, 6) is -0.784. The minimum atomic E-state index is -0.411. The van der Waals surface area contributed by atoms with Crippen molar-refractivity contribution >= 4 is 39.1 Å². The molecule has 0 aliphatic heterocycles. The SMILES string of the molecule is CCOC(=O)c1sc(NC(=O)Cn2cnc3c(C)cccc3c2=O)cc1C. The highest BCUT2D eigenvalue weighted by Crippen LogP contribution is 2.27. The number of hydrogen-bond acceptors (Lipinski definition) is 6. The Morgan fingerprint density at radius 1 is 1.26 bits per heavy atom. The third-order valence-corrected chi connectivity index (χ3v) is 5.14. The van der Waals surface area contributed by atoms with Crippen molar-refractivity contribution in [3.63, 3.8) is 0 Å². The number of ether oxygens (including phenoxy) is 1. The number of hydrogen-bond donors (Lipinski definition) is 1. The number of carbonyl (C=O) groups excluding carboxylic acids is 2. The molecule has 0 saturated carbocycles. The number of fused-ring (bicyclic) bond motifs is 1. The van der Waals surface area contributed by atoms with Gasteiger partial charge in [-0.2, -0.15) is 0 Å². The zero-order chi connectivity index (χ0) is 19.6. The summed E-state index contributed by atoms with van der Waals surface area (Å²) in [6.07, 6.45) is 1.38. The average molecular weight is 385 g/mol. The van der Waals surface area contributed by atoms with Crippen molar-refractivity contribution in [2.24, 2.45) is 0 Å². The van der Waals surface area contributed by atoms with E-state index in [4.69, 9.17) is 4.74 Å². The van der Waals surface area contributed by atoms with Crippen LogP contribution in [0.5, 0.6) is 0 Å². The number of aromatic nitrogens is 2. The first-order chi connectivity index (χ1) is 12.9. The first kappa shape index (κ1) is 18.8. The van der Waals surface area contributed by atoms with E-state index in [9.17, 15) is 14.4 Å². The number of anilines is 1. The largest absolute Gasteiger partial charge is 0.462 e. The number of para-hydroxylation sites is 1. The van der Waals surface area contributed by atoms with Crippen LogP contribution in [0.3, 0.4) is 0 Å². The Hall–Kier alpha value is -3.00. The maximum absolute atomic E-state index is 12.6. The van der Waals surface area contributed by atoms with Crippen molar-refractivity contribution < 1.29 is 14.3 Å². The summed E-state index contributed by atoms with van der Waals surface area (Å²) in [7, 11) is 0. The van der Waals surface area contributed by atoms with Crippen molar-refractivity contribution in [2.75, 3.05) is 11.9 Å². The van der Waals surface area contributed by atoms with E-state index in [1.165, 1.54) is 10.9 Å². The molecule has 0 fully saturated rings. The zero-order valence-electron chi connectivity index (χ0n) is 15.2. The minimum absolute atomic E-state index is 0.165. The Morgan fingerprint density at radius 3 is 2.78 bits per heavy atom. The molecule has 7 nitrogen and oxygen atoms in total. The molecule has 0 atom stereocenters. The molecule has 0 aliphatic carbocycles. The van der Waals surface area contributed by atoms with Gasteiger partial charge in [0.1, 0.15) is 11.4 Å². The van der Waals surface area contributed by atoms with E-state index in [1.54, 1.807) is 32.0 Å². The van der Waals surface area contributed by atoms with Crippen molar-refractivity contribution in [2.45, 2.75) is 27.3 Å². The molecule has 1 N–H and O–H groups in total. The molecule has 0 unspecified atom stereocenters. The van der Waals surface area contributed by atoms with Gasteiger partial charge in [0.15, 0.2) is 0 Å². The number of nitrogens with one attached hydrogen (secondary N) is 1. The maximum atomic E-state index is 12.6. The summed E-state index contributed by atoms with van der Waals surface area (Å²) < 4.78 is 6.26. The summed E-state index contributed by atoms with van der Waals surface area (Å²) in [4.78, 5) is 41.5. The fourth-order valence-corrected chi connectivity index (χ4v) is 3.71. The van der Waals surface area contributed by atoms with Crippen LogP contribution in [0.4, 0.5) is 5.00 Å². The van der Waals surface area contributed by atoms with Crippen LogP contribution in [0.25, 0.3) is 10.9 Å². The van der Waals surface area contributed by atoms with Gasteiger partial charge in [-0.05, 0) is 44.0 Å². The predicted octanol–water partition coefficient (Wildman–Crippen LogP) is 2.89. The van der Waals surface area contributed by atoms with Crippen LogP contribution < -0.4 is 10.9 Å². The van der Waals surface area contributed by atoms with Gasteiger partial charge in [-0.1, -0.05) is 12.1 Å². The predicted molar refractivity (Wildman–Crippen MR) is 104 cm³/mol. The molecule has 0 aliphatic rings. The molecule has 0 bridgehead atoms. The molecule has 1 amide bonds. The monoisotopic (exact) mass is 385 g/mol. The van der Waals surface area contributed by atoms with Crippen molar-refractivity contribution in [3.05, 3.63) is 57.0 Å². The number of esters is 1. The van der Waals surface area contributed by atoms with Gasteiger partial charge in [0.2, 0.25) is 5.91 Å². The lowest BCUT2D eigenvalue weighted by atomic mass is 10.1. The summed E-state index contributed by atoms with van der Waals surface area (Å²) in [6.45, 7) is 5.52. The zero-order valence-corrected chi connectivity index (χ0v) is 16.1. The topological polar surface area (TPSA) is 90.3 Å². The van der Waals surface area contributed by atoms with Gasteiger partial charge in [-0.3, -0.25) is 14.2 Å². The highest BCUT2D eigenvalue weighted by Gasteiger charge is 2.16. The van der Waals surface area contributed by atoms with Gasteiger partial charge in [0.25, 0.3) is 5.56 Å². The molecule has 27 heavy (non-hydrogen) atoms. The van der Waals surface area contributed by atoms with E-state index in [0.717, 1.165) is 22.5 Å². The molecular formula is C19H19N3O4S. The van der Waals surface area contributed by atoms with Gasteiger partial charge in [0.05, 0.1) is 28.8 Å². The van der Waals surface area contributed by atoms with E-state index in [0.29, 0.717) is 20.8 Å². The van der Waals surface area contributed by atoms with Gasteiger partial charge < -0.3 is 10.1 Å². The van der Waals surface area contributed by atoms with Crippen LogP contribution in [0, 0.1) is 13.8 Å². The summed E-state index contributed by atoms with van der Waals surface area (Å²) >= 11 is 1.15. The number of aryl methyl sites for hydroxylation is 2. The fraction of sp³-hybridized carbons (Fsp3) is 0.263. The summed E-state index contributed by atoms with van der Waals surface area (Å²) in [5.41, 5.74) is 2.00. The molecule has 140 valence electrons. The fourth-order valence-electron chi connectivity index (χ4n) is 2.72. The lowest BCUT2D eigenvalue weighted by molar-refractivity contribution is -0.116. The second kappa shape index (κ2) is 7.71. The van der Waals surface area contributed by atoms with Crippen molar-refractivity contribution in [1.82, 2.24) is 9.55 Å². The van der Waals surface area contributed by atoms with E-state index in [2.05, 4.69) is 10.3 Å². The molecule has 0 saturated heterocycles. The molecule has 0 spiro atoms. The third-order valence-electron chi connectivity index (χ3n) is 4.01. The lowest BCUT2D eigenvalue weighted by Crippen LogP contribution is -2.27. The Labute approximate surface area is 159 Å². The molecule has 2 heterocycles. The number of nitrogens with zero attached hydrogens (tertiary/aromatic N) is 2. The first-order valence-electron chi connectivity index (χ1n) is 8.43. The lowest BCUT2D eigenvalue weighted by Gasteiger charge is -2.07. The molecule has 3 aromatic rings. The number of thiophene rings is 1. The average Bonchev–Trinajstić information content (AvgIpc) is 2.98. The molecule has 2 aromatic heterocycles. The van der Waals surface area contributed by atoms with Gasteiger partial charge >= 0.3 is 5.97 Å². The molecule has 0 radical (unpaired) electrons. The Bertz CT molecular complexity index is 1080. The van der Waals surface area contributed by atoms with Crippen LogP contribution in [0.1, 0.15) is 27.7 Å². The molecule has 3 rings (SSSR count). The van der Waals surface area contributed by atoms with Crippen LogP contribution >= 0.6 is 11.3 Å². The van der Waals surface area contributed by atoms with E-state index in [1.807, 2.05) is 13.0 Å². The Kier molecular flexibility index (Phi) is 5.36. The van der Waals surface area contributed by atoms with Gasteiger partial charge in [-0.15, -0.1) is 11.3 Å². The van der Waals surface area contributed by atoms with Gasteiger partial charge in [0, 0.05) is 0 Å². The first-order valence-corrected chi connectivity index (χ1v) is 9.24. The number of carbonyl (C=O) groups is 2. The Balaban J connectivity index is 1.78. The van der Waals surface area contributed by atoms with Gasteiger partial charge in [-0.25, -0.2) is 9.78 Å². The van der Waals surface area contributed by atoms with E-state index < -0.39 is 5.97 Å². The summed E-state index contributed by atoms with van der Waals surface area (Å²) in [6, 6.07) is 7.07. The molecule has 8 heteroatoms. The normalized spacial score (nSPS) is 10.8. The summed E-state index contributed by atoms with van der Waals surface area (Å²) in [5, 5.41) is 3.72. The third kappa shape index (κ3) is 3.90. The quantitative estimate of drug-likeness (QED) is 0.682. The van der Waals surface area contributed by atoms with Crippen LogP contribution in [-0.4, -0.2) is 28.0 Å². The molecular weight excluding hydrogens is 366 g/mol. The number of benzene rings is 1. The van der Waals surface area contributed by atoms with E-state index in [-0.39, 0.29) is 24.6 Å². The standard InChI is InChI=1S/C19H19N3O4S/c1-4-26-19(25)17-12(3)8-15(27-17)21-14(23)9-22-10-20-16-11(2)6-5-7-13(16)18(22)24/h5-8,10H,4,9H2,1-3H3,(H,21,23). The second-order valence-corrected chi connectivity index (χ2v) is 7.09. The highest BCUT2D eigenvalue weighted by atomic mass is 32.1. The number of amides is 1. The van der Waals surface area contributed by atoms with Crippen LogP contribution in [-0.2, 0) is 16.1 Å². The number of rotatable bonds is 5. The smallest absolute Gasteiger partial charge is 0.348 e. The van der Waals surface area contributed by atoms with Crippen LogP contribution in [0.2, 0.25) is 0 Å². The van der Waals surface area contributed by atoms with E-state index >= 15 is 0 Å². The Morgan fingerprint density at radius 2 is 2.04 bits per heavy atom. The van der Waals surface area contributed by atoms with Crippen molar-refractivity contribution in [1.29, 1.82) is 0 Å². The van der Waals surface area contributed by atoms with Crippen LogP contribution in [0.15, 0.2) is 35.4 Å². The molecule has 1 aromatic carbocycles. The highest BCUT2D eigenvalue weighted by molar-refractivity contribution is 7.18. The maximum Gasteiger partial charge on any atom is 0.348 e. The minimum Gasteiger partial charge on any atom is -0.462 e. The second-order valence-electron chi connectivity index (χ2n) is 6.04.